The first-order valence-corrected chi connectivity index (χ1v) is 7.78. The average molecular weight is 280 g/mol. The van der Waals surface area contributed by atoms with Gasteiger partial charge >= 0.3 is 5.97 Å². The molecule has 0 spiro atoms. The summed E-state index contributed by atoms with van der Waals surface area (Å²) in [6, 6.07) is 4.27. The van der Waals surface area contributed by atoms with Crippen LogP contribution in [0.15, 0.2) is 18.3 Å². The standard InChI is InChI=1S/C16H28N2O2/c1-3-11-17-14-15-9-8-13-18(15)12-7-5-6-10-16(19)20-4-2/h8-9,13,17H,3-7,10-12,14H2,1-2H3. The van der Waals surface area contributed by atoms with Gasteiger partial charge in [0.15, 0.2) is 0 Å². The molecule has 4 heteroatoms. The van der Waals surface area contributed by atoms with Crippen LogP contribution < -0.4 is 5.32 Å². The lowest BCUT2D eigenvalue weighted by molar-refractivity contribution is -0.143. The monoisotopic (exact) mass is 280 g/mol. The second-order valence-electron chi connectivity index (χ2n) is 4.99. The minimum atomic E-state index is -0.0714. The van der Waals surface area contributed by atoms with Gasteiger partial charge in [-0.1, -0.05) is 13.3 Å². The number of unbranched alkanes of at least 4 members (excludes halogenated alkanes) is 2. The first-order valence-electron chi connectivity index (χ1n) is 7.78. The normalized spacial score (nSPS) is 10.7. The third-order valence-electron chi connectivity index (χ3n) is 3.24. The summed E-state index contributed by atoms with van der Waals surface area (Å²) in [7, 11) is 0. The number of nitrogens with one attached hydrogen (secondary N) is 1. The zero-order valence-electron chi connectivity index (χ0n) is 12.9. The van der Waals surface area contributed by atoms with Crippen molar-refractivity contribution >= 4 is 5.97 Å². The van der Waals surface area contributed by atoms with Gasteiger partial charge in [0.1, 0.15) is 0 Å². The van der Waals surface area contributed by atoms with Gasteiger partial charge in [0.25, 0.3) is 0 Å². The molecule has 1 heterocycles. The van der Waals surface area contributed by atoms with E-state index in [1.54, 1.807) is 0 Å². The van der Waals surface area contributed by atoms with Crippen molar-refractivity contribution < 1.29 is 9.53 Å². The van der Waals surface area contributed by atoms with Crippen molar-refractivity contribution in [2.75, 3.05) is 13.2 Å². The summed E-state index contributed by atoms with van der Waals surface area (Å²) in [5, 5.41) is 3.43. The quantitative estimate of drug-likeness (QED) is 0.500. The fraction of sp³-hybridized carbons (Fsp3) is 0.688. The molecule has 0 aromatic carbocycles. The molecule has 0 bridgehead atoms. The number of carbonyl (C=O) groups is 1. The molecule has 0 fully saturated rings. The van der Waals surface area contributed by atoms with E-state index in [-0.39, 0.29) is 5.97 Å². The van der Waals surface area contributed by atoms with Crippen LogP contribution in [0.25, 0.3) is 0 Å². The van der Waals surface area contributed by atoms with Crippen molar-refractivity contribution in [2.24, 2.45) is 0 Å². The molecular formula is C16H28N2O2. The van der Waals surface area contributed by atoms with E-state index in [1.165, 1.54) is 5.69 Å². The van der Waals surface area contributed by atoms with Gasteiger partial charge in [0, 0.05) is 31.4 Å². The Morgan fingerprint density at radius 3 is 2.90 bits per heavy atom. The Kier molecular flexibility index (Phi) is 8.79. The predicted octanol–water partition coefficient (Wildman–Crippen LogP) is 3.11. The predicted molar refractivity (Wildman–Crippen MR) is 81.5 cm³/mol. The topological polar surface area (TPSA) is 43.3 Å². The average Bonchev–Trinajstić information content (AvgIpc) is 2.87. The Hall–Kier alpha value is -1.29. The molecule has 0 amide bonds. The first kappa shape index (κ1) is 16.8. The smallest absolute Gasteiger partial charge is 0.305 e. The highest BCUT2D eigenvalue weighted by molar-refractivity contribution is 5.69. The van der Waals surface area contributed by atoms with E-state index in [4.69, 9.17) is 4.74 Å². The molecule has 114 valence electrons. The van der Waals surface area contributed by atoms with E-state index in [0.29, 0.717) is 13.0 Å². The van der Waals surface area contributed by atoms with Gasteiger partial charge in [-0.3, -0.25) is 4.79 Å². The van der Waals surface area contributed by atoms with Crippen LogP contribution in [0, 0.1) is 0 Å². The number of carbonyl (C=O) groups excluding carboxylic acids is 1. The number of esters is 1. The number of hydrogen-bond donors (Lipinski definition) is 1. The van der Waals surface area contributed by atoms with E-state index in [0.717, 1.165) is 45.3 Å². The number of ether oxygens (including phenoxy) is 1. The lowest BCUT2D eigenvalue weighted by atomic mass is 10.2. The number of aryl methyl sites for hydroxylation is 1. The summed E-state index contributed by atoms with van der Waals surface area (Å²) in [5.74, 6) is -0.0714. The van der Waals surface area contributed by atoms with Gasteiger partial charge in [-0.15, -0.1) is 0 Å². The summed E-state index contributed by atoms with van der Waals surface area (Å²) in [6.07, 6.45) is 6.94. The van der Waals surface area contributed by atoms with Crippen LogP contribution in [0.5, 0.6) is 0 Å². The Balaban J connectivity index is 2.15. The van der Waals surface area contributed by atoms with Crippen molar-refractivity contribution in [1.82, 2.24) is 9.88 Å². The molecule has 0 aliphatic heterocycles. The second kappa shape index (κ2) is 10.5. The number of rotatable bonds is 11. The van der Waals surface area contributed by atoms with Crippen LogP contribution in [0.3, 0.4) is 0 Å². The molecule has 1 aromatic rings. The van der Waals surface area contributed by atoms with Crippen molar-refractivity contribution in [3.63, 3.8) is 0 Å². The Morgan fingerprint density at radius 1 is 1.30 bits per heavy atom. The molecule has 0 atom stereocenters. The zero-order chi connectivity index (χ0) is 14.6. The van der Waals surface area contributed by atoms with Crippen LogP contribution in [0.1, 0.15) is 51.6 Å². The molecule has 1 N–H and O–H groups in total. The maximum absolute atomic E-state index is 11.2. The summed E-state index contributed by atoms with van der Waals surface area (Å²) in [4.78, 5) is 11.2. The Labute approximate surface area is 122 Å². The second-order valence-corrected chi connectivity index (χ2v) is 4.99. The van der Waals surface area contributed by atoms with E-state index in [2.05, 4.69) is 35.1 Å². The van der Waals surface area contributed by atoms with Gasteiger partial charge in [0.05, 0.1) is 6.61 Å². The summed E-state index contributed by atoms with van der Waals surface area (Å²) in [6.45, 7) is 7.53. The molecule has 1 rings (SSSR count). The number of nitrogens with zero attached hydrogens (tertiary/aromatic N) is 1. The maximum Gasteiger partial charge on any atom is 0.305 e. The third kappa shape index (κ3) is 6.75. The van der Waals surface area contributed by atoms with Crippen molar-refractivity contribution in [1.29, 1.82) is 0 Å². The highest BCUT2D eigenvalue weighted by Gasteiger charge is 2.02. The third-order valence-corrected chi connectivity index (χ3v) is 3.24. The van der Waals surface area contributed by atoms with Crippen LogP contribution in [0.2, 0.25) is 0 Å². The molecule has 0 unspecified atom stereocenters. The maximum atomic E-state index is 11.2. The van der Waals surface area contributed by atoms with E-state index in [9.17, 15) is 4.79 Å². The Bertz CT molecular complexity index is 374. The van der Waals surface area contributed by atoms with Crippen molar-refractivity contribution in [3.8, 4) is 0 Å². The van der Waals surface area contributed by atoms with Crippen molar-refractivity contribution in [3.05, 3.63) is 24.0 Å². The highest BCUT2D eigenvalue weighted by atomic mass is 16.5. The molecule has 0 saturated heterocycles. The van der Waals surface area contributed by atoms with E-state index >= 15 is 0 Å². The molecular weight excluding hydrogens is 252 g/mol. The molecule has 0 radical (unpaired) electrons. The lowest BCUT2D eigenvalue weighted by Crippen LogP contribution is -2.16. The van der Waals surface area contributed by atoms with Gasteiger partial charge in [-0.2, -0.15) is 0 Å². The van der Waals surface area contributed by atoms with Crippen LogP contribution in [-0.2, 0) is 22.6 Å². The number of hydrogen-bond acceptors (Lipinski definition) is 3. The summed E-state index contributed by atoms with van der Waals surface area (Å²) >= 11 is 0. The van der Waals surface area contributed by atoms with Crippen LogP contribution in [-0.4, -0.2) is 23.7 Å². The summed E-state index contributed by atoms with van der Waals surface area (Å²) in [5.41, 5.74) is 1.34. The first-order chi connectivity index (χ1) is 9.77. The van der Waals surface area contributed by atoms with Gasteiger partial charge in [-0.25, -0.2) is 0 Å². The van der Waals surface area contributed by atoms with Crippen LogP contribution in [0.4, 0.5) is 0 Å². The van der Waals surface area contributed by atoms with Crippen LogP contribution >= 0.6 is 0 Å². The van der Waals surface area contributed by atoms with Gasteiger partial charge in [0.2, 0.25) is 0 Å². The summed E-state index contributed by atoms with van der Waals surface area (Å²) < 4.78 is 7.21. The minimum Gasteiger partial charge on any atom is -0.466 e. The SMILES string of the molecule is CCCNCc1cccn1CCCCCC(=O)OCC. The molecule has 0 aliphatic rings. The molecule has 0 aliphatic carbocycles. The lowest BCUT2D eigenvalue weighted by Gasteiger charge is -2.10. The molecule has 4 nitrogen and oxygen atoms in total. The van der Waals surface area contributed by atoms with Gasteiger partial charge in [-0.05, 0) is 44.9 Å². The minimum absolute atomic E-state index is 0.0714. The highest BCUT2D eigenvalue weighted by Crippen LogP contribution is 2.07. The number of aromatic nitrogens is 1. The largest absolute Gasteiger partial charge is 0.466 e. The fourth-order valence-corrected chi connectivity index (χ4v) is 2.18. The molecule has 0 saturated carbocycles. The molecule has 1 aromatic heterocycles. The molecule has 20 heavy (non-hydrogen) atoms. The fourth-order valence-electron chi connectivity index (χ4n) is 2.18. The van der Waals surface area contributed by atoms with E-state index in [1.807, 2.05) is 6.92 Å². The Morgan fingerprint density at radius 2 is 2.15 bits per heavy atom. The van der Waals surface area contributed by atoms with Gasteiger partial charge < -0.3 is 14.6 Å². The van der Waals surface area contributed by atoms with Crippen molar-refractivity contribution in [2.45, 2.75) is 59.0 Å². The van der Waals surface area contributed by atoms with E-state index < -0.39 is 0 Å². The zero-order valence-corrected chi connectivity index (χ0v) is 12.9.